The van der Waals surface area contributed by atoms with Crippen LogP contribution >= 0.6 is 0 Å². The van der Waals surface area contributed by atoms with Crippen LogP contribution in [0.2, 0.25) is 0 Å². The third kappa shape index (κ3) is 2.87. The van der Waals surface area contributed by atoms with Crippen LogP contribution in [0, 0.1) is 0 Å². The van der Waals surface area contributed by atoms with E-state index in [4.69, 9.17) is 4.74 Å². The normalized spacial score (nSPS) is 11.1. The number of hydrogen-bond donors (Lipinski definition) is 0. The first-order chi connectivity index (χ1) is 9.69. The number of rotatable bonds is 6. The number of hydrogen-bond acceptors (Lipinski definition) is 2. The maximum atomic E-state index is 5.52. The highest BCUT2D eigenvalue weighted by atomic mass is 16.5. The van der Waals surface area contributed by atoms with Gasteiger partial charge >= 0.3 is 0 Å². The summed E-state index contributed by atoms with van der Waals surface area (Å²) in [4.78, 5) is 0. The highest BCUT2D eigenvalue weighted by Crippen LogP contribution is 2.35. The SMILES string of the molecule is CCCCc1c(-c2ccccc2)c(OC)nn1C(C)C. The molecule has 0 spiro atoms. The van der Waals surface area contributed by atoms with E-state index in [-0.39, 0.29) is 0 Å². The van der Waals surface area contributed by atoms with Gasteiger partial charge in [0, 0.05) is 6.04 Å². The standard InChI is InChI=1S/C17H24N2O/c1-5-6-12-15-16(14-10-8-7-9-11-14)17(20-4)18-19(15)13(2)3/h7-11,13H,5-6,12H2,1-4H3. The highest BCUT2D eigenvalue weighted by molar-refractivity contribution is 5.71. The van der Waals surface area contributed by atoms with E-state index in [0.717, 1.165) is 17.9 Å². The molecular weight excluding hydrogens is 248 g/mol. The minimum Gasteiger partial charge on any atom is -0.479 e. The smallest absolute Gasteiger partial charge is 0.240 e. The molecule has 3 nitrogen and oxygen atoms in total. The van der Waals surface area contributed by atoms with E-state index < -0.39 is 0 Å². The highest BCUT2D eigenvalue weighted by Gasteiger charge is 2.20. The van der Waals surface area contributed by atoms with Crippen molar-refractivity contribution in [2.24, 2.45) is 0 Å². The maximum absolute atomic E-state index is 5.52. The molecule has 0 saturated heterocycles. The topological polar surface area (TPSA) is 27.1 Å². The van der Waals surface area contributed by atoms with Crippen LogP contribution in [-0.2, 0) is 6.42 Å². The van der Waals surface area contributed by atoms with E-state index in [0.29, 0.717) is 6.04 Å². The van der Waals surface area contributed by atoms with Gasteiger partial charge < -0.3 is 4.74 Å². The van der Waals surface area contributed by atoms with Gasteiger partial charge in [-0.2, -0.15) is 0 Å². The second-order valence-electron chi connectivity index (χ2n) is 5.34. The third-order valence-electron chi connectivity index (χ3n) is 3.49. The van der Waals surface area contributed by atoms with Crippen molar-refractivity contribution in [1.29, 1.82) is 0 Å². The fraction of sp³-hybridized carbons (Fsp3) is 0.471. The number of benzene rings is 1. The molecule has 0 saturated carbocycles. The van der Waals surface area contributed by atoms with Crippen LogP contribution in [0.15, 0.2) is 30.3 Å². The molecule has 1 aromatic heterocycles. The summed E-state index contributed by atoms with van der Waals surface area (Å²) in [5.41, 5.74) is 3.61. The number of methoxy groups -OCH3 is 1. The van der Waals surface area contributed by atoms with Gasteiger partial charge in [-0.1, -0.05) is 43.7 Å². The number of nitrogens with zero attached hydrogens (tertiary/aromatic N) is 2. The Balaban J connectivity index is 2.57. The molecule has 0 bridgehead atoms. The molecule has 0 amide bonds. The van der Waals surface area contributed by atoms with E-state index in [9.17, 15) is 0 Å². The predicted molar refractivity (Wildman–Crippen MR) is 83.2 cm³/mol. The molecule has 3 heteroatoms. The van der Waals surface area contributed by atoms with Crippen molar-refractivity contribution in [3.05, 3.63) is 36.0 Å². The van der Waals surface area contributed by atoms with Crippen molar-refractivity contribution in [1.82, 2.24) is 9.78 Å². The summed E-state index contributed by atoms with van der Waals surface area (Å²) < 4.78 is 7.63. The molecule has 0 atom stereocenters. The van der Waals surface area contributed by atoms with Gasteiger partial charge in [0.05, 0.1) is 18.4 Å². The number of unbranched alkanes of at least 4 members (excludes halogenated alkanes) is 1. The molecule has 0 aliphatic rings. The van der Waals surface area contributed by atoms with Crippen LogP contribution in [0.5, 0.6) is 5.88 Å². The summed E-state index contributed by atoms with van der Waals surface area (Å²) in [6.45, 7) is 6.54. The molecule has 0 unspecified atom stereocenters. The molecule has 1 aromatic carbocycles. The Morgan fingerprint density at radius 3 is 2.45 bits per heavy atom. The van der Waals surface area contributed by atoms with Gasteiger partial charge in [0.15, 0.2) is 0 Å². The van der Waals surface area contributed by atoms with Crippen molar-refractivity contribution >= 4 is 0 Å². The van der Waals surface area contributed by atoms with Crippen LogP contribution in [0.25, 0.3) is 11.1 Å². The average molecular weight is 272 g/mol. The van der Waals surface area contributed by atoms with Gasteiger partial charge in [-0.25, -0.2) is 0 Å². The molecule has 108 valence electrons. The summed E-state index contributed by atoms with van der Waals surface area (Å²) in [6.07, 6.45) is 3.39. The summed E-state index contributed by atoms with van der Waals surface area (Å²) in [5, 5.41) is 4.65. The van der Waals surface area contributed by atoms with Crippen LogP contribution in [-0.4, -0.2) is 16.9 Å². The van der Waals surface area contributed by atoms with Crippen LogP contribution < -0.4 is 4.74 Å². The van der Waals surface area contributed by atoms with Crippen molar-refractivity contribution in [3.63, 3.8) is 0 Å². The summed E-state index contributed by atoms with van der Waals surface area (Å²) in [7, 11) is 1.70. The Bertz CT molecular complexity index is 544. The van der Waals surface area contributed by atoms with Crippen LogP contribution in [0.4, 0.5) is 0 Å². The first kappa shape index (κ1) is 14.6. The van der Waals surface area contributed by atoms with Crippen LogP contribution in [0.1, 0.15) is 45.3 Å². The summed E-state index contributed by atoms with van der Waals surface area (Å²) in [5.74, 6) is 0.732. The van der Waals surface area contributed by atoms with Crippen molar-refractivity contribution in [2.45, 2.75) is 46.1 Å². The largest absolute Gasteiger partial charge is 0.479 e. The van der Waals surface area contributed by atoms with Crippen molar-refractivity contribution < 1.29 is 4.74 Å². The lowest BCUT2D eigenvalue weighted by Crippen LogP contribution is -2.08. The quantitative estimate of drug-likeness (QED) is 0.775. The van der Waals surface area contributed by atoms with Crippen molar-refractivity contribution in [3.8, 4) is 17.0 Å². The molecular formula is C17H24N2O. The van der Waals surface area contributed by atoms with Crippen LogP contribution in [0.3, 0.4) is 0 Å². The van der Waals surface area contributed by atoms with E-state index >= 15 is 0 Å². The lowest BCUT2D eigenvalue weighted by molar-refractivity contribution is 0.382. The first-order valence-electron chi connectivity index (χ1n) is 7.39. The third-order valence-corrected chi connectivity index (χ3v) is 3.49. The minimum atomic E-state index is 0.341. The van der Waals surface area contributed by atoms with Gasteiger partial charge in [-0.05, 0) is 32.3 Å². The lowest BCUT2D eigenvalue weighted by Gasteiger charge is -2.12. The zero-order valence-corrected chi connectivity index (χ0v) is 12.9. The second kappa shape index (κ2) is 6.60. The molecule has 0 radical (unpaired) electrons. The predicted octanol–water partition coefficient (Wildman–Crippen LogP) is 4.48. The van der Waals surface area contributed by atoms with Gasteiger partial charge in [0.1, 0.15) is 0 Å². The second-order valence-corrected chi connectivity index (χ2v) is 5.34. The van der Waals surface area contributed by atoms with E-state index in [1.54, 1.807) is 7.11 Å². The first-order valence-corrected chi connectivity index (χ1v) is 7.39. The summed E-state index contributed by atoms with van der Waals surface area (Å²) in [6, 6.07) is 10.7. The zero-order valence-electron chi connectivity index (χ0n) is 12.9. The monoisotopic (exact) mass is 272 g/mol. The molecule has 0 fully saturated rings. The minimum absolute atomic E-state index is 0.341. The molecule has 20 heavy (non-hydrogen) atoms. The Morgan fingerprint density at radius 1 is 1.20 bits per heavy atom. The van der Waals surface area contributed by atoms with Gasteiger partial charge in [-0.15, -0.1) is 5.10 Å². The Labute approximate surface area is 121 Å². The van der Waals surface area contributed by atoms with E-state index in [1.807, 2.05) is 6.07 Å². The Kier molecular flexibility index (Phi) is 4.83. The lowest BCUT2D eigenvalue weighted by atomic mass is 10.0. The average Bonchev–Trinajstić information content (AvgIpc) is 2.84. The molecule has 1 heterocycles. The Hall–Kier alpha value is -1.77. The van der Waals surface area contributed by atoms with Gasteiger partial charge in [-0.3, -0.25) is 4.68 Å². The Morgan fingerprint density at radius 2 is 1.90 bits per heavy atom. The molecule has 2 aromatic rings. The zero-order chi connectivity index (χ0) is 14.5. The molecule has 0 N–H and O–H groups in total. The maximum Gasteiger partial charge on any atom is 0.240 e. The number of ether oxygens (including phenoxy) is 1. The van der Waals surface area contributed by atoms with Gasteiger partial charge in [0.25, 0.3) is 0 Å². The van der Waals surface area contributed by atoms with E-state index in [1.165, 1.54) is 24.1 Å². The van der Waals surface area contributed by atoms with Crippen molar-refractivity contribution in [2.75, 3.05) is 7.11 Å². The molecule has 0 aliphatic heterocycles. The fourth-order valence-electron chi connectivity index (χ4n) is 2.49. The van der Waals surface area contributed by atoms with Gasteiger partial charge in [0.2, 0.25) is 5.88 Å². The van der Waals surface area contributed by atoms with E-state index in [2.05, 4.69) is 54.8 Å². The fourth-order valence-corrected chi connectivity index (χ4v) is 2.49. The number of aromatic nitrogens is 2. The molecule has 2 rings (SSSR count). The molecule has 0 aliphatic carbocycles. The summed E-state index contributed by atoms with van der Waals surface area (Å²) >= 11 is 0.